The Bertz CT molecular complexity index is 304. The predicted octanol–water partition coefficient (Wildman–Crippen LogP) is 1.17. The summed E-state index contributed by atoms with van der Waals surface area (Å²) in [5.74, 6) is -0.969. The van der Waals surface area contributed by atoms with E-state index in [9.17, 15) is 4.39 Å². The molecule has 0 bridgehead atoms. The minimum Gasteiger partial charge on any atom is -0.505 e. The van der Waals surface area contributed by atoms with Gasteiger partial charge in [0.15, 0.2) is 11.6 Å². The van der Waals surface area contributed by atoms with Crippen molar-refractivity contribution in [3.8, 4) is 5.75 Å². The minimum atomic E-state index is -0.625. The zero-order valence-electron chi connectivity index (χ0n) is 8.00. The summed E-state index contributed by atoms with van der Waals surface area (Å²) in [4.78, 5) is 0. The zero-order valence-corrected chi connectivity index (χ0v) is 8.00. The van der Waals surface area contributed by atoms with Crippen molar-refractivity contribution in [3.05, 3.63) is 29.6 Å². The van der Waals surface area contributed by atoms with Crippen LogP contribution in [0.1, 0.15) is 18.5 Å². The SMILES string of the molecule is C[C@@H](NCCO)c1ccc(O)c(F)c1. The molecule has 1 atom stereocenters. The summed E-state index contributed by atoms with van der Waals surface area (Å²) in [6, 6.07) is 4.21. The highest BCUT2D eigenvalue weighted by molar-refractivity contribution is 5.29. The first kappa shape index (κ1) is 10.9. The summed E-state index contributed by atoms with van der Waals surface area (Å²) in [5.41, 5.74) is 0.744. The molecule has 0 fully saturated rings. The number of hydrogen-bond acceptors (Lipinski definition) is 3. The van der Waals surface area contributed by atoms with E-state index in [2.05, 4.69) is 5.32 Å². The van der Waals surface area contributed by atoms with Gasteiger partial charge in [0.2, 0.25) is 0 Å². The van der Waals surface area contributed by atoms with E-state index in [4.69, 9.17) is 10.2 Å². The number of phenols is 1. The third kappa shape index (κ3) is 2.68. The van der Waals surface area contributed by atoms with Crippen molar-refractivity contribution in [3.63, 3.8) is 0 Å². The van der Waals surface area contributed by atoms with Crippen LogP contribution in [0, 0.1) is 5.82 Å². The Balaban J connectivity index is 2.70. The number of aliphatic hydroxyl groups is 1. The van der Waals surface area contributed by atoms with Crippen molar-refractivity contribution in [1.82, 2.24) is 5.32 Å². The molecule has 0 radical (unpaired) electrons. The van der Waals surface area contributed by atoms with Crippen LogP contribution in [0.3, 0.4) is 0 Å². The second-order valence-corrected chi connectivity index (χ2v) is 3.11. The molecule has 3 N–H and O–H groups in total. The van der Waals surface area contributed by atoms with Crippen LogP contribution in [-0.4, -0.2) is 23.4 Å². The average molecular weight is 199 g/mol. The number of benzene rings is 1. The van der Waals surface area contributed by atoms with Crippen LogP contribution in [0.15, 0.2) is 18.2 Å². The van der Waals surface area contributed by atoms with Crippen molar-refractivity contribution in [2.45, 2.75) is 13.0 Å². The molecule has 0 amide bonds. The summed E-state index contributed by atoms with van der Waals surface area (Å²) in [6.45, 7) is 2.37. The molecule has 0 spiro atoms. The highest BCUT2D eigenvalue weighted by Crippen LogP contribution is 2.20. The van der Waals surface area contributed by atoms with Crippen LogP contribution in [0.4, 0.5) is 4.39 Å². The molecule has 0 unspecified atom stereocenters. The molecular formula is C10H14FNO2. The van der Waals surface area contributed by atoms with Crippen molar-refractivity contribution < 1.29 is 14.6 Å². The smallest absolute Gasteiger partial charge is 0.165 e. The molecule has 1 aromatic carbocycles. The Labute approximate surface area is 82.2 Å². The fourth-order valence-corrected chi connectivity index (χ4v) is 1.19. The van der Waals surface area contributed by atoms with Crippen molar-refractivity contribution in [2.75, 3.05) is 13.2 Å². The Hall–Kier alpha value is -1.13. The summed E-state index contributed by atoms with van der Waals surface area (Å²) in [7, 11) is 0. The minimum absolute atomic E-state index is 0.0442. The summed E-state index contributed by atoms with van der Waals surface area (Å²) in [6.07, 6.45) is 0. The average Bonchev–Trinajstić information content (AvgIpc) is 2.18. The first-order chi connectivity index (χ1) is 6.65. The highest BCUT2D eigenvalue weighted by atomic mass is 19.1. The van der Waals surface area contributed by atoms with E-state index in [1.807, 2.05) is 6.92 Å². The van der Waals surface area contributed by atoms with E-state index in [1.165, 1.54) is 12.1 Å². The lowest BCUT2D eigenvalue weighted by atomic mass is 10.1. The third-order valence-corrected chi connectivity index (χ3v) is 2.03. The van der Waals surface area contributed by atoms with E-state index in [0.717, 1.165) is 5.56 Å². The lowest BCUT2D eigenvalue weighted by Crippen LogP contribution is -2.22. The van der Waals surface area contributed by atoms with Gasteiger partial charge in [0.25, 0.3) is 0 Å². The number of nitrogens with one attached hydrogen (secondary N) is 1. The Morgan fingerprint density at radius 2 is 2.21 bits per heavy atom. The quantitative estimate of drug-likeness (QED) is 0.682. The Kier molecular flexibility index (Phi) is 3.85. The van der Waals surface area contributed by atoms with Gasteiger partial charge in [-0.3, -0.25) is 0 Å². The van der Waals surface area contributed by atoms with Gasteiger partial charge in [0.05, 0.1) is 6.61 Å². The summed E-state index contributed by atoms with van der Waals surface area (Å²) < 4.78 is 12.9. The monoisotopic (exact) mass is 199 g/mol. The predicted molar refractivity (Wildman–Crippen MR) is 51.6 cm³/mol. The number of aliphatic hydroxyl groups excluding tert-OH is 1. The van der Waals surface area contributed by atoms with Gasteiger partial charge in [-0.15, -0.1) is 0 Å². The highest BCUT2D eigenvalue weighted by Gasteiger charge is 2.07. The van der Waals surface area contributed by atoms with Gasteiger partial charge in [-0.1, -0.05) is 6.07 Å². The maximum Gasteiger partial charge on any atom is 0.165 e. The molecule has 1 aromatic rings. The number of rotatable bonds is 4. The molecule has 0 aromatic heterocycles. The number of halogens is 1. The normalized spacial score (nSPS) is 12.8. The van der Waals surface area contributed by atoms with E-state index in [0.29, 0.717) is 6.54 Å². The molecule has 3 nitrogen and oxygen atoms in total. The van der Waals surface area contributed by atoms with Gasteiger partial charge in [-0.25, -0.2) is 4.39 Å². The van der Waals surface area contributed by atoms with Crippen molar-refractivity contribution >= 4 is 0 Å². The molecule has 78 valence electrons. The van der Waals surface area contributed by atoms with Gasteiger partial charge < -0.3 is 15.5 Å². The molecule has 0 aliphatic rings. The standard InChI is InChI=1S/C10H14FNO2/c1-7(12-4-5-13)8-2-3-10(14)9(11)6-8/h2-3,6-7,12-14H,4-5H2,1H3/t7-/m1/s1. The number of hydrogen-bond donors (Lipinski definition) is 3. The van der Waals surface area contributed by atoms with Crippen molar-refractivity contribution in [1.29, 1.82) is 0 Å². The van der Waals surface area contributed by atoms with Gasteiger partial charge in [0, 0.05) is 12.6 Å². The van der Waals surface area contributed by atoms with Gasteiger partial charge in [0.1, 0.15) is 0 Å². The maximum atomic E-state index is 12.9. The fraction of sp³-hybridized carbons (Fsp3) is 0.400. The van der Waals surface area contributed by atoms with Crippen LogP contribution < -0.4 is 5.32 Å². The molecule has 1 rings (SSSR count). The second-order valence-electron chi connectivity index (χ2n) is 3.11. The molecular weight excluding hydrogens is 185 g/mol. The topological polar surface area (TPSA) is 52.5 Å². The molecule has 0 saturated carbocycles. The molecule has 0 aliphatic carbocycles. The van der Waals surface area contributed by atoms with E-state index in [-0.39, 0.29) is 18.4 Å². The molecule has 14 heavy (non-hydrogen) atoms. The maximum absolute atomic E-state index is 12.9. The van der Waals surface area contributed by atoms with Crippen LogP contribution in [0.5, 0.6) is 5.75 Å². The van der Waals surface area contributed by atoms with Crippen LogP contribution >= 0.6 is 0 Å². The first-order valence-electron chi connectivity index (χ1n) is 4.48. The fourth-order valence-electron chi connectivity index (χ4n) is 1.19. The summed E-state index contributed by atoms with van der Waals surface area (Å²) in [5, 5.41) is 20.5. The molecule has 0 heterocycles. The van der Waals surface area contributed by atoms with Gasteiger partial charge in [-0.2, -0.15) is 0 Å². The van der Waals surface area contributed by atoms with E-state index in [1.54, 1.807) is 6.07 Å². The van der Waals surface area contributed by atoms with E-state index >= 15 is 0 Å². The second kappa shape index (κ2) is 4.93. The zero-order chi connectivity index (χ0) is 10.6. The van der Waals surface area contributed by atoms with Crippen molar-refractivity contribution in [2.24, 2.45) is 0 Å². The Morgan fingerprint density at radius 3 is 2.79 bits per heavy atom. The molecule has 4 heteroatoms. The van der Waals surface area contributed by atoms with E-state index < -0.39 is 5.82 Å². The summed E-state index contributed by atoms with van der Waals surface area (Å²) >= 11 is 0. The third-order valence-electron chi connectivity index (χ3n) is 2.03. The largest absolute Gasteiger partial charge is 0.505 e. The first-order valence-corrected chi connectivity index (χ1v) is 4.48. The van der Waals surface area contributed by atoms with Crippen LogP contribution in [0.25, 0.3) is 0 Å². The number of aromatic hydroxyl groups is 1. The van der Waals surface area contributed by atoms with Crippen LogP contribution in [-0.2, 0) is 0 Å². The van der Waals surface area contributed by atoms with Crippen LogP contribution in [0.2, 0.25) is 0 Å². The molecule has 0 saturated heterocycles. The Morgan fingerprint density at radius 1 is 1.50 bits per heavy atom. The molecule has 0 aliphatic heterocycles. The lowest BCUT2D eigenvalue weighted by molar-refractivity contribution is 0.286. The lowest BCUT2D eigenvalue weighted by Gasteiger charge is -2.13. The number of phenolic OH excluding ortho intramolecular Hbond substituents is 1. The van der Waals surface area contributed by atoms with Gasteiger partial charge >= 0.3 is 0 Å². The van der Waals surface area contributed by atoms with Gasteiger partial charge in [-0.05, 0) is 24.6 Å².